The smallest absolute Gasteiger partial charge is 0.256 e. The molecular formula is C69H62BN3O. The van der Waals surface area contributed by atoms with E-state index in [1.807, 2.05) is 0 Å². The van der Waals surface area contributed by atoms with Gasteiger partial charge in [0.15, 0.2) is 0 Å². The zero-order valence-corrected chi connectivity index (χ0v) is 44.6. The van der Waals surface area contributed by atoms with Gasteiger partial charge < -0.3 is 18.8 Å². The van der Waals surface area contributed by atoms with Gasteiger partial charge >= 0.3 is 0 Å². The minimum absolute atomic E-state index is 0.0302. The van der Waals surface area contributed by atoms with Crippen LogP contribution in [0.5, 0.6) is 11.5 Å². The Balaban J connectivity index is 1.12. The second-order valence-corrected chi connectivity index (χ2v) is 25.0. The fraction of sp³-hybridized carbons (Fsp3) is 0.217. The molecule has 14 rings (SSSR count). The largest absolute Gasteiger partial charge is 0.458 e. The molecule has 362 valence electrons. The number of anilines is 3. The van der Waals surface area contributed by atoms with E-state index in [0.29, 0.717) is 0 Å². The molecule has 0 amide bonds. The van der Waals surface area contributed by atoms with Gasteiger partial charge in [-0.25, -0.2) is 0 Å². The topological polar surface area (TPSA) is 22.3 Å². The number of ether oxygens (including phenoxy) is 1. The Morgan fingerprint density at radius 1 is 0.446 bits per heavy atom. The van der Waals surface area contributed by atoms with Crippen LogP contribution in [0.3, 0.4) is 0 Å². The van der Waals surface area contributed by atoms with Crippen LogP contribution in [0.4, 0.5) is 17.1 Å². The second kappa shape index (κ2) is 15.2. The molecule has 0 fully saturated rings. The third-order valence-electron chi connectivity index (χ3n) is 17.0. The molecule has 0 radical (unpaired) electrons. The summed E-state index contributed by atoms with van der Waals surface area (Å²) in [5, 5.41) is 5.04. The molecule has 0 N–H and O–H groups in total. The molecule has 2 aromatic heterocycles. The Morgan fingerprint density at radius 2 is 1.03 bits per heavy atom. The highest BCUT2D eigenvalue weighted by Crippen LogP contribution is 2.57. The summed E-state index contributed by atoms with van der Waals surface area (Å²) in [5.41, 5.74) is 22.8. The van der Waals surface area contributed by atoms with Crippen molar-refractivity contribution < 1.29 is 4.74 Å². The van der Waals surface area contributed by atoms with Gasteiger partial charge in [-0.3, -0.25) is 0 Å². The summed E-state index contributed by atoms with van der Waals surface area (Å²) in [6.07, 6.45) is 0. The zero-order chi connectivity index (χ0) is 51.0. The van der Waals surface area contributed by atoms with Crippen LogP contribution in [0.15, 0.2) is 176 Å². The normalized spacial score (nSPS) is 14.6. The third kappa shape index (κ3) is 6.22. The number of aromatic nitrogens is 2. The Hall–Kier alpha value is -7.76. The average molecular weight is 960 g/mol. The molecule has 0 spiro atoms. The Labute approximate surface area is 435 Å². The van der Waals surface area contributed by atoms with Gasteiger partial charge in [-0.2, -0.15) is 0 Å². The van der Waals surface area contributed by atoms with Gasteiger partial charge in [-0.1, -0.05) is 179 Å². The lowest BCUT2D eigenvalue weighted by molar-refractivity contribution is 0.484. The molecule has 0 atom stereocenters. The van der Waals surface area contributed by atoms with Gasteiger partial charge in [-0.15, -0.1) is 0 Å². The SMILES string of the molecule is CC(C)(C)c1ccc(N2c3ccc(C(C)(C)C)cc3B3c4cc(-n5c6ccccc6c6c7c8ccccc8n(-c8ccccc8)c7ccc65)c5c(c4Oc4cc(C(C)(C)C)cc2c43)-c2ccccc2C5(C)C)cc1. The van der Waals surface area contributed by atoms with E-state index in [1.165, 1.54) is 116 Å². The van der Waals surface area contributed by atoms with E-state index in [9.17, 15) is 0 Å². The van der Waals surface area contributed by atoms with Crippen molar-refractivity contribution in [3.63, 3.8) is 0 Å². The molecule has 5 heteroatoms. The highest BCUT2D eigenvalue weighted by Gasteiger charge is 2.48. The van der Waals surface area contributed by atoms with Gasteiger partial charge in [0.25, 0.3) is 6.71 Å². The molecule has 0 bridgehead atoms. The van der Waals surface area contributed by atoms with Crippen LogP contribution in [-0.4, -0.2) is 15.8 Å². The maximum atomic E-state index is 7.77. The van der Waals surface area contributed by atoms with E-state index in [0.717, 1.165) is 22.9 Å². The number of nitrogens with zero attached hydrogens (tertiary/aromatic N) is 3. The van der Waals surface area contributed by atoms with Crippen LogP contribution in [0.1, 0.15) is 104 Å². The lowest BCUT2D eigenvalue weighted by atomic mass is 9.33. The molecule has 1 aliphatic carbocycles. The summed E-state index contributed by atoms with van der Waals surface area (Å²) in [4.78, 5) is 2.53. The lowest BCUT2D eigenvalue weighted by Gasteiger charge is -2.42. The average Bonchev–Trinajstić information content (AvgIpc) is 3.98. The van der Waals surface area contributed by atoms with Crippen molar-refractivity contribution in [1.82, 2.24) is 9.13 Å². The number of benzene rings is 9. The molecule has 2 aliphatic heterocycles. The minimum atomic E-state index is -0.358. The first-order valence-electron chi connectivity index (χ1n) is 26.6. The summed E-state index contributed by atoms with van der Waals surface area (Å²) < 4.78 is 12.8. The highest BCUT2D eigenvalue weighted by atomic mass is 16.5. The molecule has 0 saturated heterocycles. The number of fused-ring (bicyclic) bond motifs is 15. The van der Waals surface area contributed by atoms with Crippen molar-refractivity contribution in [2.24, 2.45) is 0 Å². The fourth-order valence-electron chi connectivity index (χ4n) is 13.2. The summed E-state index contributed by atoms with van der Waals surface area (Å²) in [6, 6.07) is 66.8. The van der Waals surface area contributed by atoms with E-state index in [1.54, 1.807) is 0 Å². The number of rotatable bonds is 3. The van der Waals surface area contributed by atoms with Gasteiger partial charge in [0.2, 0.25) is 0 Å². The maximum Gasteiger partial charge on any atom is 0.256 e. The molecule has 0 unspecified atom stereocenters. The summed E-state index contributed by atoms with van der Waals surface area (Å²) >= 11 is 0. The number of para-hydroxylation sites is 3. The Morgan fingerprint density at radius 3 is 1.69 bits per heavy atom. The monoisotopic (exact) mass is 959 g/mol. The van der Waals surface area contributed by atoms with Crippen molar-refractivity contribution in [1.29, 1.82) is 0 Å². The standard InChI is InChI=1S/C69H62BN3O/c1-66(2,3)41-29-32-45(33-30-41)72-54-34-31-42(67(4,5)6)37-50(54)70-51-40-57(63-62(46-23-15-18-26-49(46)69(63,10)11)65(51)74-59-39-43(68(7,8)9)38-58(72)64(59)70)73-53-28-20-17-25-48(53)61-56(73)36-35-55-60(61)47-24-16-19-27-52(47)71(55)44-21-13-12-14-22-44/h12-40H,1-11H3. The van der Waals surface area contributed by atoms with E-state index in [2.05, 4.69) is 266 Å². The van der Waals surface area contributed by atoms with Crippen molar-refractivity contribution in [2.75, 3.05) is 4.90 Å². The van der Waals surface area contributed by atoms with E-state index in [-0.39, 0.29) is 28.4 Å². The van der Waals surface area contributed by atoms with Gasteiger partial charge in [0.1, 0.15) is 11.5 Å². The number of hydrogen-bond donors (Lipinski definition) is 0. The van der Waals surface area contributed by atoms with Crippen molar-refractivity contribution in [3.8, 4) is 34.0 Å². The van der Waals surface area contributed by atoms with Crippen LogP contribution < -0.4 is 26.0 Å². The third-order valence-corrected chi connectivity index (χ3v) is 17.0. The lowest BCUT2D eigenvalue weighted by Crippen LogP contribution is -2.60. The van der Waals surface area contributed by atoms with Crippen LogP contribution in [0.2, 0.25) is 0 Å². The van der Waals surface area contributed by atoms with Crippen molar-refractivity contribution >= 4 is 83.8 Å². The van der Waals surface area contributed by atoms with Crippen LogP contribution in [-0.2, 0) is 21.7 Å². The fourth-order valence-corrected chi connectivity index (χ4v) is 13.2. The molecule has 4 nitrogen and oxygen atoms in total. The molecular weight excluding hydrogens is 898 g/mol. The molecule has 3 aliphatic rings. The summed E-state index contributed by atoms with van der Waals surface area (Å²) in [5.74, 6) is 1.92. The predicted molar refractivity (Wildman–Crippen MR) is 315 cm³/mol. The van der Waals surface area contributed by atoms with Crippen LogP contribution in [0, 0.1) is 0 Å². The number of hydrogen-bond acceptors (Lipinski definition) is 2. The summed E-state index contributed by atoms with van der Waals surface area (Å²) in [7, 11) is 0. The molecule has 9 aromatic carbocycles. The van der Waals surface area contributed by atoms with Gasteiger partial charge in [0.05, 0.1) is 27.8 Å². The minimum Gasteiger partial charge on any atom is -0.458 e. The molecule has 74 heavy (non-hydrogen) atoms. The first-order valence-corrected chi connectivity index (χ1v) is 26.6. The summed E-state index contributed by atoms with van der Waals surface area (Å²) in [6.45, 7) is 25.6. The zero-order valence-electron chi connectivity index (χ0n) is 44.6. The van der Waals surface area contributed by atoms with Crippen LogP contribution >= 0.6 is 0 Å². The Kier molecular flexibility index (Phi) is 9.20. The van der Waals surface area contributed by atoms with Crippen molar-refractivity contribution in [2.45, 2.75) is 97.8 Å². The van der Waals surface area contributed by atoms with E-state index in [4.69, 9.17) is 4.74 Å². The first kappa shape index (κ1) is 44.9. The Bertz CT molecular complexity index is 4190. The quantitative estimate of drug-likeness (QED) is 0.165. The van der Waals surface area contributed by atoms with Gasteiger partial charge in [0, 0.05) is 55.3 Å². The van der Waals surface area contributed by atoms with Crippen LogP contribution in [0.25, 0.3) is 66.1 Å². The van der Waals surface area contributed by atoms with E-state index >= 15 is 0 Å². The predicted octanol–water partition coefficient (Wildman–Crippen LogP) is 16.5. The second-order valence-electron chi connectivity index (χ2n) is 25.0. The highest BCUT2D eigenvalue weighted by molar-refractivity contribution is 6.99. The molecule has 11 aromatic rings. The first-order chi connectivity index (χ1) is 35.4. The van der Waals surface area contributed by atoms with Crippen molar-refractivity contribution in [3.05, 3.63) is 204 Å². The molecule has 0 saturated carbocycles. The molecule has 4 heterocycles. The maximum absolute atomic E-state index is 7.77. The van der Waals surface area contributed by atoms with Gasteiger partial charge in [-0.05, 0) is 139 Å². The van der Waals surface area contributed by atoms with E-state index < -0.39 is 0 Å².